The summed E-state index contributed by atoms with van der Waals surface area (Å²) in [5.41, 5.74) is 0. The molecule has 0 spiro atoms. The molecular weight excluding hydrogens is 234 g/mol. The van der Waals surface area contributed by atoms with E-state index in [2.05, 4.69) is 17.3 Å². The van der Waals surface area contributed by atoms with E-state index in [9.17, 15) is 9.59 Å². The quantitative estimate of drug-likeness (QED) is 0.755. The lowest BCUT2D eigenvalue weighted by Crippen LogP contribution is -2.56. The first-order valence-electron chi connectivity index (χ1n) is 6.50. The van der Waals surface area contributed by atoms with Gasteiger partial charge in [0.05, 0.1) is 6.42 Å². The van der Waals surface area contributed by atoms with E-state index in [1.54, 1.807) is 4.90 Å². The zero-order chi connectivity index (χ0) is 13.1. The molecule has 18 heavy (non-hydrogen) atoms. The summed E-state index contributed by atoms with van der Waals surface area (Å²) in [6.07, 6.45) is 2.15. The topological polar surface area (TPSA) is 72.9 Å². The van der Waals surface area contributed by atoms with Gasteiger partial charge in [0.1, 0.15) is 0 Å². The van der Waals surface area contributed by atoms with Gasteiger partial charge < -0.3 is 20.2 Å². The van der Waals surface area contributed by atoms with Crippen molar-refractivity contribution in [3.05, 3.63) is 0 Å². The number of rotatable bonds is 3. The maximum atomic E-state index is 11.9. The first kappa shape index (κ1) is 13.1. The molecule has 0 aliphatic carbocycles. The van der Waals surface area contributed by atoms with E-state index in [1.165, 1.54) is 0 Å². The van der Waals surface area contributed by atoms with E-state index in [0.29, 0.717) is 13.1 Å². The van der Waals surface area contributed by atoms with Gasteiger partial charge >= 0.3 is 12.0 Å². The molecule has 2 heterocycles. The average molecular weight is 255 g/mol. The van der Waals surface area contributed by atoms with Crippen molar-refractivity contribution >= 4 is 12.0 Å². The predicted molar refractivity (Wildman–Crippen MR) is 66.4 cm³/mol. The van der Waals surface area contributed by atoms with Gasteiger partial charge in [-0.25, -0.2) is 4.79 Å². The number of amides is 2. The third kappa shape index (κ3) is 3.35. The van der Waals surface area contributed by atoms with Gasteiger partial charge in [0.25, 0.3) is 0 Å². The highest BCUT2D eigenvalue weighted by Gasteiger charge is 2.33. The van der Waals surface area contributed by atoms with Crippen molar-refractivity contribution in [2.45, 2.75) is 25.3 Å². The molecule has 102 valence electrons. The van der Waals surface area contributed by atoms with Crippen LogP contribution in [0.1, 0.15) is 19.3 Å². The van der Waals surface area contributed by atoms with Gasteiger partial charge in [0, 0.05) is 25.0 Å². The highest BCUT2D eigenvalue weighted by Crippen LogP contribution is 2.19. The molecule has 0 saturated carbocycles. The van der Waals surface area contributed by atoms with Crippen LogP contribution in [0.5, 0.6) is 0 Å². The molecule has 6 heteroatoms. The smallest absolute Gasteiger partial charge is 0.317 e. The molecule has 0 aromatic heterocycles. The molecule has 2 aliphatic heterocycles. The van der Waals surface area contributed by atoms with Crippen LogP contribution in [0.2, 0.25) is 0 Å². The predicted octanol–water partition coefficient (Wildman–Crippen LogP) is 0.197. The number of piperidine rings is 1. The third-order valence-electron chi connectivity index (χ3n) is 3.75. The second-order valence-electron chi connectivity index (χ2n) is 5.40. The van der Waals surface area contributed by atoms with E-state index >= 15 is 0 Å². The number of carbonyl (C=O) groups excluding carboxylic acids is 1. The normalized spacial score (nSPS) is 22.6. The minimum atomic E-state index is -0.782. The van der Waals surface area contributed by atoms with Crippen molar-refractivity contribution in [2.24, 2.45) is 5.92 Å². The number of hydrogen-bond acceptors (Lipinski definition) is 3. The van der Waals surface area contributed by atoms with Crippen LogP contribution in [0, 0.1) is 5.92 Å². The lowest BCUT2D eigenvalue weighted by atomic mass is 9.97. The zero-order valence-corrected chi connectivity index (χ0v) is 10.8. The number of hydrogen-bond donors (Lipinski definition) is 2. The van der Waals surface area contributed by atoms with Gasteiger partial charge in [0.15, 0.2) is 0 Å². The molecule has 2 aliphatic rings. The van der Waals surface area contributed by atoms with Crippen molar-refractivity contribution in [1.29, 1.82) is 0 Å². The second-order valence-corrected chi connectivity index (χ2v) is 5.40. The van der Waals surface area contributed by atoms with Crippen molar-refractivity contribution < 1.29 is 14.7 Å². The van der Waals surface area contributed by atoms with Crippen molar-refractivity contribution in [1.82, 2.24) is 15.1 Å². The van der Waals surface area contributed by atoms with Gasteiger partial charge in [-0.05, 0) is 33.0 Å². The Hall–Kier alpha value is -1.30. The lowest BCUT2D eigenvalue weighted by Gasteiger charge is -2.40. The first-order valence-corrected chi connectivity index (χ1v) is 6.50. The number of urea groups is 1. The Balaban J connectivity index is 1.66. The van der Waals surface area contributed by atoms with Gasteiger partial charge in [-0.2, -0.15) is 0 Å². The number of carbonyl (C=O) groups is 2. The highest BCUT2D eigenvalue weighted by atomic mass is 16.4. The number of likely N-dealkylation sites (tertiary alicyclic amines) is 2. The Bertz CT molecular complexity index is 321. The minimum Gasteiger partial charge on any atom is -0.481 e. The molecule has 0 aromatic carbocycles. The lowest BCUT2D eigenvalue weighted by molar-refractivity contribution is -0.139. The monoisotopic (exact) mass is 255 g/mol. The van der Waals surface area contributed by atoms with E-state index in [1.807, 2.05) is 0 Å². The number of nitrogens with zero attached hydrogens (tertiary/aromatic N) is 2. The summed E-state index contributed by atoms with van der Waals surface area (Å²) in [4.78, 5) is 26.3. The fourth-order valence-corrected chi connectivity index (χ4v) is 2.53. The molecule has 0 radical (unpaired) electrons. The van der Waals surface area contributed by atoms with Crippen LogP contribution in [-0.4, -0.2) is 66.2 Å². The molecule has 2 amide bonds. The molecule has 0 aromatic rings. The molecule has 2 saturated heterocycles. The van der Waals surface area contributed by atoms with E-state index in [4.69, 9.17) is 5.11 Å². The number of carboxylic acids is 1. The van der Waals surface area contributed by atoms with Gasteiger partial charge in [-0.3, -0.25) is 4.79 Å². The van der Waals surface area contributed by atoms with Crippen molar-refractivity contribution in [3.8, 4) is 0 Å². The molecule has 2 fully saturated rings. The molecule has 6 nitrogen and oxygen atoms in total. The summed E-state index contributed by atoms with van der Waals surface area (Å²) in [5.74, 6) is -0.652. The van der Waals surface area contributed by atoms with Crippen molar-refractivity contribution in [3.63, 3.8) is 0 Å². The molecule has 0 unspecified atom stereocenters. The van der Waals surface area contributed by atoms with Crippen LogP contribution in [0.25, 0.3) is 0 Å². The Labute approximate surface area is 107 Å². The Kier molecular flexibility index (Phi) is 4.06. The van der Waals surface area contributed by atoms with Crippen LogP contribution in [0.4, 0.5) is 4.79 Å². The second kappa shape index (κ2) is 5.56. The first-order chi connectivity index (χ1) is 8.54. The summed E-state index contributed by atoms with van der Waals surface area (Å²) in [7, 11) is 2.09. The molecule has 2 rings (SSSR count). The summed E-state index contributed by atoms with van der Waals surface area (Å²) in [6, 6.07) is 0.235. The number of aliphatic carboxylic acids is 1. The third-order valence-corrected chi connectivity index (χ3v) is 3.75. The van der Waals surface area contributed by atoms with Crippen molar-refractivity contribution in [2.75, 3.05) is 33.2 Å². The summed E-state index contributed by atoms with van der Waals surface area (Å²) in [6.45, 7) is 3.19. The average Bonchev–Trinajstić information content (AvgIpc) is 2.25. The molecular formula is C12H21N3O3. The van der Waals surface area contributed by atoms with Gasteiger partial charge in [-0.1, -0.05) is 0 Å². The van der Waals surface area contributed by atoms with Crippen LogP contribution < -0.4 is 5.32 Å². The maximum Gasteiger partial charge on any atom is 0.317 e. The SMILES string of the molecule is CN1CCC(NC(=O)N2CC(CC(=O)O)C2)CC1. The number of nitrogens with one attached hydrogen (secondary N) is 1. The Morgan fingerprint density at radius 1 is 1.28 bits per heavy atom. The fourth-order valence-electron chi connectivity index (χ4n) is 2.53. The summed E-state index contributed by atoms with van der Waals surface area (Å²) >= 11 is 0. The Morgan fingerprint density at radius 2 is 1.89 bits per heavy atom. The highest BCUT2D eigenvalue weighted by molar-refractivity contribution is 5.76. The van der Waals surface area contributed by atoms with Crippen LogP contribution >= 0.6 is 0 Å². The Morgan fingerprint density at radius 3 is 2.44 bits per heavy atom. The van der Waals surface area contributed by atoms with Crippen LogP contribution in [0.15, 0.2) is 0 Å². The largest absolute Gasteiger partial charge is 0.481 e. The standard InChI is InChI=1S/C12H21N3O3/c1-14-4-2-10(3-5-14)13-12(18)15-7-9(8-15)6-11(16)17/h9-10H,2-8H2,1H3,(H,13,18)(H,16,17). The molecule has 2 N–H and O–H groups in total. The van der Waals surface area contributed by atoms with E-state index in [-0.39, 0.29) is 24.4 Å². The van der Waals surface area contributed by atoms with E-state index in [0.717, 1.165) is 25.9 Å². The van der Waals surface area contributed by atoms with Gasteiger partial charge in [0.2, 0.25) is 0 Å². The van der Waals surface area contributed by atoms with E-state index < -0.39 is 5.97 Å². The molecule has 0 bridgehead atoms. The maximum absolute atomic E-state index is 11.9. The minimum absolute atomic E-state index is 0.0359. The van der Waals surface area contributed by atoms with Crippen LogP contribution in [0.3, 0.4) is 0 Å². The number of carboxylic acid groups (broad SMARTS) is 1. The fraction of sp³-hybridized carbons (Fsp3) is 0.833. The summed E-state index contributed by atoms with van der Waals surface area (Å²) in [5, 5.41) is 11.7. The zero-order valence-electron chi connectivity index (χ0n) is 10.8. The van der Waals surface area contributed by atoms with Crippen LogP contribution in [-0.2, 0) is 4.79 Å². The molecule has 0 atom stereocenters. The van der Waals surface area contributed by atoms with Gasteiger partial charge in [-0.15, -0.1) is 0 Å². The summed E-state index contributed by atoms with van der Waals surface area (Å²) < 4.78 is 0.